The highest BCUT2D eigenvalue weighted by Gasteiger charge is 2.13. The Morgan fingerprint density at radius 2 is 2.00 bits per heavy atom. The van der Waals surface area contributed by atoms with Crippen molar-refractivity contribution >= 4 is 36.7 Å². The third kappa shape index (κ3) is 3.89. The van der Waals surface area contributed by atoms with E-state index in [-0.39, 0.29) is 18.2 Å². The zero-order chi connectivity index (χ0) is 9.68. The van der Waals surface area contributed by atoms with Gasteiger partial charge < -0.3 is 10.4 Å². The minimum absolute atomic E-state index is 0. The van der Waals surface area contributed by atoms with Crippen molar-refractivity contribution in [1.29, 1.82) is 0 Å². The Hall–Kier alpha value is -0.870. The highest BCUT2D eigenvalue weighted by atomic mass is 35.5. The molecule has 1 rings (SSSR count). The van der Waals surface area contributed by atoms with Crippen LogP contribution in [0.15, 0.2) is 30.3 Å². The van der Waals surface area contributed by atoms with E-state index in [1.54, 1.807) is 0 Å². The van der Waals surface area contributed by atoms with E-state index in [2.05, 4.69) is 17.9 Å². The number of hydrogen-bond acceptors (Lipinski definition) is 3. The van der Waals surface area contributed by atoms with Gasteiger partial charge in [-0.25, -0.2) is 4.79 Å². The minimum atomic E-state index is -0.890. The molecule has 0 spiro atoms. The molecule has 14 heavy (non-hydrogen) atoms. The van der Waals surface area contributed by atoms with E-state index >= 15 is 0 Å². The number of rotatable bonds is 4. The number of nitrogens with one attached hydrogen (secondary N) is 1. The molecule has 1 atom stereocenters. The Balaban J connectivity index is 0.00000169. The Kier molecular flexibility index (Phi) is 6.16. The molecule has 3 nitrogen and oxygen atoms in total. The van der Waals surface area contributed by atoms with Crippen molar-refractivity contribution in [2.24, 2.45) is 0 Å². The monoisotopic (exact) mass is 233 g/mol. The fourth-order valence-electron chi connectivity index (χ4n) is 0.921. The zero-order valence-electron chi connectivity index (χ0n) is 7.38. The largest absolute Gasteiger partial charge is 0.480 e. The number of carboxylic acids is 1. The molecule has 0 radical (unpaired) electrons. The molecule has 5 heteroatoms. The van der Waals surface area contributed by atoms with Crippen LogP contribution >= 0.6 is 25.0 Å². The van der Waals surface area contributed by atoms with E-state index in [4.69, 9.17) is 5.11 Å². The molecule has 0 aliphatic heterocycles. The number of para-hydroxylation sites is 1. The number of aliphatic carboxylic acids is 1. The molecule has 0 fully saturated rings. The topological polar surface area (TPSA) is 49.3 Å². The van der Waals surface area contributed by atoms with Gasteiger partial charge in [-0.05, 0) is 12.1 Å². The molecular formula is C9H12ClNO2S. The lowest BCUT2D eigenvalue weighted by atomic mass is 10.2. The van der Waals surface area contributed by atoms with Gasteiger partial charge >= 0.3 is 5.97 Å². The first kappa shape index (κ1) is 13.1. The van der Waals surface area contributed by atoms with Crippen LogP contribution in [-0.2, 0) is 4.79 Å². The third-order valence-electron chi connectivity index (χ3n) is 1.60. The number of carboxylic acid groups (broad SMARTS) is 1. The summed E-state index contributed by atoms with van der Waals surface area (Å²) in [6.07, 6.45) is 0. The Bertz CT molecular complexity index is 281. The van der Waals surface area contributed by atoms with Gasteiger partial charge in [0.2, 0.25) is 0 Å². The van der Waals surface area contributed by atoms with Gasteiger partial charge in [0.1, 0.15) is 6.04 Å². The van der Waals surface area contributed by atoms with E-state index in [0.29, 0.717) is 0 Å². The second kappa shape index (κ2) is 6.56. The molecule has 0 aliphatic carbocycles. The van der Waals surface area contributed by atoms with Gasteiger partial charge in [0.25, 0.3) is 0 Å². The summed E-state index contributed by atoms with van der Waals surface area (Å²) in [5.41, 5.74) is 0.795. The second-order valence-corrected chi connectivity index (χ2v) is 2.95. The molecule has 0 amide bonds. The molecule has 2 N–H and O–H groups in total. The molecule has 0 aliphatic rings. The van der Waals surface area contributed by atoms with Gasteiger partial charge in [0.15, 0.2) is 0 Å². The van der Waals surface area contributed by atoms with Crippen LogP contribution in [0.3, 0.4) is 0 Å². The molecule has 0 saturated heterocycles. The summed E-state index contributed by atoms with van der Waals surface area (Å²) in [4.78, 5) is 10.6. The maximum absolute atomic E-state index is 10.6. The smallest absolute Gasteiger partial charge is 0.326 e. The van der Waals surface area contributed by atoms with Crippen LogP contribution in [0.2, 0.25) is 0 Å². The lowest BCUT2D eigenvalue weighted by molar-refractivity contribution is -0.137. The molecule has 0 saturated carbocycles. The summed E-state index contributed by atoms with van der Waals surface area (Å²) in [6.45, 7) is 0. The van der Waals surface area contributed by atoms with Crippen LogP contribution in [0.4, 0.5) is 5.69 Å². The van der Waals surface area contributed by atoms with Crippen molar-refractivity contribution in [3.63, 3.8) is 0 Å². The Labute approximate surface area is 94.3 Å². The molecule has 0 heterocycles. The normalized spacial score (nSPS) is 11.2. The van der Waals surface area contributed by atoms with Gasteiger partial charge in [-0.15, -0.1) is 12.4 Å². The van der Waals surface area contributed by atoms with Gasteiger partial charge in [-0.3, -0.25) is 0 Å². The van der Waals surface area contributed by atoms with Crippen molar-refractivity contribution in [2.75, 3.05) is 11.1 Å². The fraction of sp³-hybridized carbons (Fsp3) is 0.222. The Morgan fingerprint density at radius 1 is 1.43 bits per heavy atom. The first-order chi connectivity index (χ1) is 6.24. The summed E-state index contributed by atoms with van der Waals surface area (Å²) < 4.78 is 0. The van der Waals surface area contributed by atoms with Crippen LogP contribution < -0.4 is 5.32 Å². The van der Waals surface area contributed by atoms with Crippen molar-refractivity contribution < 1.29 is 9.90 Å². The summed E-state index contributed by atoms with van der Waals surface area (Å²) in [5, 5.41) is 11.6. The number of halogens is 1. The SMILES string of the molecule is Cl.O=C(O)[C@H](CS)Nc1ccccc1. The standard InChI is InChI=1S/C9H11NO2S.ClH/c11-9(12)8(6-13)10-7-4-2-1-3-5-7;/h1-5,8,10,13H,6H2,(H,11,12);1H/t8-;/m0./s1. The van der Waals surface area contributed by atoms with E-state index in [1.165, 1.54) is 0 Å². The first-order valence-corrected chi connectivity index (χ1v) is 4.52. The third-order valence-corrected chi connectivity index (χ3v) is 1.96. The molecule has 0 unspecified atom stereocenters. The lowest BCUT2D eigenvalue weighted by Gasteiger charge is -2.12. The van der Waals surface area contributed by atoms with Crippen molar-refractivity contribution in [1.82, 2.24) is 0 Å². The highest BCUT2D eigenvalue weighted by molar-refractivity contribution is 7.80. The summed E-state index contributed by atoms with van der Waals surface area (Å²) in [6, 6.07) is 8.57. The van der Waals surface area contributed by atoms with Crippen LogP contribution in [-0.4, -0.2) is 22.9 Å². The van der Waals surface area contributed by atoms with E-state index in [1.807, 2.05) is 30.3 Å². The van der Waals surface area contributed by atoms with Crippen LogP contribution in [0.1, 0.15) is 0 Å². The highest BCUT2D eigenvalue weighted by Crippen LogP contribution is 2.07. The predicted molar refractivity (Wildman–Crippen MR) is 62.6 cm³/mol. The first-order valence-electron chi connectivity index (χ1n) is 3.89. The summed E-state index contributed by atoms with van der Waals surface area (Å²) >= 11 is 3.94. The average Bonchev–Trinajstić information content (AvgIpc) is 2.15. The molecule has 1 aromatic rings. The molecule has 78 valence electrons. The van der Waals surface area contributed by atoms with Crippen molar-refractivity contribution in [3.8, 4) is 0 Å². The zero-order valence-corrected chi connectivity index (χ0v) is 9.09. The molecule has 1 aromatic carbocycles. The van der Waals surface area contributed by atoms with Crippen LogP contribution in [0, 0.1) is 0 Å². The van der Waals surface area contributed by atoms with Crippen LogP contribution in [0.25, 0.3) is 0 Å². The van der Waals surface area contributed by atoms with E-state index in [0.717, 1.165) is 5.69 Å². The van der Waals surface area contributed by atoms with Crippen LogP contribution in [0.5, 0.6) is 0 Å². The predicted octanol–water partition coefficient (Wildman–Crippen LogP) is 1.90. The van der Waals surface area contributed by atoms with Crippen molar-refractivity contribution in [2.45, 2.75) is 6.04 Å². The summed E-state index contributed by atoms with van der Waals surface area (Å²) in [5.74, 6) is -0.622. The lowest BCUT2D eigenvalue weighted by Crippen LogP contribution is -2.30. The minimum Gasteiger partial charge on any atom is -0.480 e. The van der Waals surface area contributed by atoms with Gasteiger partial charge in [-0.1, -0.05) is 18.2 Å². The van der Waals surface area contributed by atoms with Gasteiger partial charge in [0.05, 0.1) is 0 Å². The van der Waals surface area contributed by atoms with E-state index in [9.17, 15) is 4.79 Å². The maximum Gasteiger partial charge on any atom is 0.326 e. The number of anilines is 1. The number of benzene rings is 1. The molecular weight excluding hydrogens is 222 g/mol. The number of hydrogen-bond donors (Lipinski definition) is 3. The summed E-state index contributed by atoms with van der Waals surface area (Å²) in [7, 11) is 0. The number of thiol groups is 1. The van der Waals surface area contributed by atoms with Crippen molar-refractivity contribution in [3.05, 3.63) is 30.3 Å². The van der Waals surface area contributed by atoms with Gasteiger partial charge in [0, 0.05) is 11.4 Å². The average molecular weight is 234 g/mol. The quantitative estimate of drug-likeness (QED) is 0.697. The Morgan fingerprint density at radius 3 is 2.43 bits per heavy atom. The molecule has 0 bridgehead atoms. The number of carbonyl (C=O) groups is 1. The van der Waals surface area contributed by atoms with Gasteiger partial charge in [-0.2, -0.15) is 12.6 Å². The fourth-order valence-corrected chi connectivity index (χ4v) is 1.17. The second-order valence-electron chi connectivity index (χ2n) is 2.58. The molecule has 0 aromatic heterocycles. The maximum atomic E-state index is 10.6. The van der Waals surface area contributed by atoms with E-state index < -0.39 is 12.0 Å².